The Labute approximate surface area is 132 Å². The van der Waals surface area contributed by atoms with E-state index in [1.54, 1.807) is 0 Å². The smallest absolute Gasteiger partial charge is 0.0206 e. The van der Waals surface area contributed by atoms with Crippen molar-refractivity contribution in [2.24, 2.45) is 11.5 Å². The van der Waals surface area contributed by atoms with Gasteiger partial charge in [-0.1, -0.05) is 36.4 Å². The largest absolute Gasteiger partial charge is 0.329 e. The maximum atomic E-state index is 5.50. The molecule has 4 nitrogen and oxygen atoms in total. The van der Waals surface area contributed by atoms with Gasteiger partial charge in [0.2, 0.25) is 0 Å². The molecule has 0 aromatic heterocycles. The molecule has 0 aliphatic rings. The molecular formula is C18H26N4. The molecule has 22 heavy (non-hydrogen) atoms. The van der Waals surface area contributed by atoms with E-state index in [0.29, 0.717) is 13.1 Å². The molecule has 0 unspecified atom stereocenters. The molecule has 0 saturated carbocycles. The summed E-state index contributed by atoms with van der Waals surface area (Å²) in [6.07, 6.45) is 0. The van der Waals surface area contributed by atoms with Crippen LogP contribution in [0.5, 0.6) is 0 Å². The van der Waals surface area contributed by atoms with Gasteiger partial charge in [0.05, 0.1) is 0 Å². The van der Waals surface area contributed by atoms with E-state index in [-0.39, 0.29) is 0 Å². The average molecular weight is 298 g/mol. The summed E-state index contributed by atoms with van der Waals surface area (Å²) >= 11 is 0. The number of rotatable bonds is 9. The number of nitrogens with one attached hydrogen (secondary N) is 2. The van der Waals surface area contributed by atoms with Crippen LogP contribution in [0.2, 0.25) is 0 Å². The molecule has 6 N–H and O–H groups in total. The number of nitrogens with two attached hydrogens (primary N) is 2. The minimum Gasteiger partial charge on any atom is -0.329 e. The van der Waals surface area contributed by atoms with Gasteiger partial charge >= 0.3 is 0 Å². The third-order valence-corrected chi connectivity index (χ3v) is 3.49. The molecule has 0 amide bonds. The molecular weight excluding hydrogens is 272 g/mol. The van der Waals surface area contributed by atoms with Crippen molar-refractivity contribution in [3.05, 3.63) is 59.7 Å². The molecule has 0 heterocycles. The highest BCUT2D eigenvalue weighted by molar-refractivity contribution is 5.64. The fourth-order valence-electron chi connectivity index (χ4n) is 2.39. The number of hydrogen-bond donors (Lipinski definition) is 4. The van der Waals surface area contributed by atoms with Crippen LogP contribution in [0.15, 0.2) is 48.5 Å². The summed E-state index contributed by atoms with van der Waals surface area (Å²) in [5.41, 5.74) is 16.0. The maximum absolute atomic E-state index is 5.50. The summed E-state index contributed by atoms with van der Waals surface area (Å²) < 4.78 is 0. The zero-order valence-electron chi connectivity index (χ0n) is 13.0. The van der Waals surface area contributed by atoms with E-state index in [2.05, 4.69) is 59.2 Å². The SMILES string of the molecule is NCCNCc1cccc(-c2cccc(CNCCN)c2)c1. The summed E-state index contributed by atoms with van der Waals surface area (Å²) in [6.45, 7) is 4.71. The van der Waals surface area contributed by atoms with E-state index < -0.39 is 0 Å². The number of benzene rings is 2. The third kappa shape index (κ3) is 5.24. The molecule has 0 saturated heterocycles. The van der Waals surface area contributed by atoms with Crippen LogP contribution in [0.1, 0.15) is 11.1 Å². The van der Waals surface area contributed by atoms with Gasteiger partial charge in [0.15, 0.2) is 0 Å². The van der Waals surface area contributed by atoms with E-state index in [4.69, 9.17) is 11.5 Å². The van der Waals surface area contributed by atoms with Crippen molar-refractivity contribution in [2.75, 3.05) is 26.2 Å². The highest BCUT2D eigenvalue weighted by Crippen LogP contribution is 2.21. The monoisotopic (exact) mass is 298 g/mol. The van der Waals surface area contributed by atoms with Crippen molar-refractivity contribution >= 4 is 0 Å². The van der Waals surface area contributed by atoms with Crippen molar-refractivity contribution in [3.8, 4) is 11.1 Å². The molecule has 0 atom stereocenters. The molecule has 0 aliphatic carbocycles. The van der Waals surface area contributed by atoms with E-state index in [0.717, 1.165) is 26.2 Å². The Bertz CT molecular complexity index is 517. The predicted molar refractivity (Wildman–Crippen MR) is 93.4 cm³/mol. The third-order valence-electron chi connectivity index (χ3n) is 3.49. The van der Waals surface area contributed by atoms with Crippen LogP contribution in [0.3, 0.4) is 0 Å². The zero-order chi connectivity index (χ0) is 15.6. The van der Waals surface area contributed by atoms with E-state index in [1.165, 1.54) is 22.3 Å². The molecule has 0 aliphatic heterocycles. The second-order valence-corrected chi connectivity index (χ2v) is 5.33. The van der Waals surface area contributed by atoms with Gasteiger partial charge in [-0.2, -0.15) is 0 Å². The fraction of sp³-hybridized carbons (Fsp3) is 0.333. The molecule has 2 aromatic carbocycles. The lowest BCUT2D eigenvalue weighted by molar-refractivity contribution is 0.694. The standard InChI is InChI=1S/C18H26N4/c19-7-9-21-13-15-3-1-5-17(11-15)18-6-2-4-16(12-18)14-22-10-8-20/h1-6,11-12,21-22H,7-10,13-14,19-20H2. The number of hydrogen-bond acceptors (Lipinski definition) is 4. The first kappa shape index (κ1) is 16.6. The lowest BCUT2D eigenvalue weighted by Gasteiger charge is -2.09. The molecule has 2 rings (SSSR count). The molecule has 4 heteroatoms. The summed E-state index contributed by atoms with van der Waals surface area (Å²) in [6, 6.07) is 17.3. The lowest BCUT2D eigenvalue weighted by Crippen LogP contribution is -2.21. The van der Waals surface area contributed by atoms with Crippen LogP contribution in [0.4, 0.5) is 0 Å². The average Bonchev–Trinajstić information content (AvgIpc) is 2.56. The molecule has 0 bridgehead atoms. The summed E-state index contributed by atoms with van der Waals surface area (Å²) in [7, 11) is 0. The molecule has 118 valence electrons. The van der Waals surface area contributed by atoms with Crippen LogP contribution in [-0.4, -0.2) is 26.2 Å². The minimum absolute atomic E-state index is 0.664. The molecule has 0 spiro atoms. The summed E-state index contributed by atoms with van der Waals surface area (Å²) in [5, 5.41) is 6.66. The second-order valence-electron chi connectivity index (χ2n) is 5.33. The van der Waals surface area contributed by atoms with Gasteiger partial charge in [0, 0.05) is 39.3 Å². The summed E-state index contributed by atoms with van der Waals surface area (Å²) in [4.78, 5) is 0. The van der Waals surface area contributed by atoms with Gasteiger partial charge in [0.25, 0.3) is 0 Å². The maximum Gasteiger partial charge on any atom is 0.0206 e. The summed E-state index contributed by atoms with van der Waals surface area (Å²) in [5.74, 6) is 0. The minimum atomic E-state index is 0.664. The van der Waals surface area contributed by atoms with Gasteiger partial charge in [-0.25, -0.2) is 0 Å². The normalized spacial score (nSPS) is 10.8. The molecule has 0 radical (unpaired) electrons. The van der Waals surface area contributed by atoms with Gasteiger partial charge in [-0.05, 0) is 34.4 Å². The van der Waals surface area contributed by atoms with Crippen LogP contribution >= 0.6 is 0 Å². The Morgan fingerprint density at radius 3 is 1.55 bits per heavy atom. The van der Waals surface area contributed by atoms with Crippen molar-refractivity contribution < 1.29 is 0 Å². The highest BCUT2D eigenvalue weighted by atomic mass is 14.9. The Morgan fingerprint density at radius 1 is 0.682 bits per heavy atom. The quantitative estimate of drug-likeness (QED) is 0.529. The van der Waals surface area contributed by atoms with E-state index in [9.17, 15) is 0 Å². The first-order chi connectivity index (χ1) is 10.8. The first-order valence-corrected chi connectivity index (χ1v) is 7.83. The van der Waals surface area contributed by atoms with Gasteiger partial charge in [0.1, 0.15) is 0 Å². The van der Waals surface area contributed by atoms with Crippen LogP contribution in [-0.2, 0) is 13.1 Å². The first-order valence-electron chi connectivity index (χ1n) is 7.83. The zero-order valence-corrected chi connectivity index (χ0v) is 13.0. The molecule has 0 fully saturated rings. The predicted octanol–water partition coefficient (Wildman–Crippen LogP) is 1.45. The Morgan fingerprint density at radius 2 is 1.14 bits per heavy atom. The van der Waals surface area contributed by atoms with Crippen molar-refractivity contribution in [1.82, 2.24) is 10.6 Å². The van der Waals surface area contributed by atoms with Gasteiger partial charge < -0.3 is 22.1 Å². The van der Waals surface area contributed by atoms with Crippen LogP contribution in [0, 0.1) is 0 Å². The lowest BCUT2D eigenvalue weighted by atomic mass is 10.0. The Balaban J connectivity index is 2.07. The molecule has 2 aromatic rings. The Kier molecular flexibility index (Phi) is 7.06. The van der Waals surface area contributed by atoms with Gasteiger partial charge in [-0.15, -0.1) is 0 Å². The highest BCUT2D eigenvalue weighted by Gasteiger charge is 2.01. The van der Waals surface area contributed by atoms with E-state index in [1.807, 2.05) is 0 Å². The topological polar surface area (TPSA) is 76.1 Å². The van der Waals surface area contributed by atoms with Crippen LogP contribution in [0.25, 0.3) is 11.1 Å². The van der Waals surface area contributed by atoms with Crippen molar-refractivity contribution in [1.29, 1.82) is 0 Å². The Hall–Kier alpha value is -1.72. The van der Waals surface area contributed by atoms with Crippen molar-refractivity contribution in [3.63, 3.8) is 0 Å². The van der Waals surface area contributed by atoms with Crippen molar-refractivity contribution in [2.45, 2.75) is 13.1 Å². The van der Waals surface area contributed by atoms with E-state index >= 15 is 0 Å². The second kappa shape index (κ2) is 9.33. The fourth-order valence-corrected chi connectivity index (χ4v) is 2.39. The van der Waals surface area contributed by atoms with Gasteiger partial charge in [-0.3, -0.25) is 0 Å². The van der Waals surface area contributed by atoms with Crippen LogP contribution < -0.4 is 22.1 Å².